The first kappa shape index (κ1) is 19.8. The van der Waals surface area contributed by atoms with Crippen LogP contribution in [0.3, 0.4) is 0 Å². The van der Waals surface area contributed by atoms with Crippen molar-refractivity contribution in [2.75, 3.05) is 13.2 Å². The van der Waals surface area contributed by atoms with E-state index in [-0.39, 0.29) is 24.2 Å². The van der Waals surface area contributed by atoms with Crippen molar-refractivity contribution in [1.82, 2.24) is 4.90 Å². The number of amides is 1. The van der Waals surface area contributed by atoms with E-state index in [0.29, 0.717) is 17.9 Å². The number of fused-ring (bicyclic) bond motifs is 1. The molecule has 1 amide bonds. The van der Waals surface area contributed by atoms with Crippen LogP contribution >= 0.6 is 0 Å². The first-order valence-electron chi connectivity index (χ1n) is 9.58. The van der Waals surface area contributed by atoms with Gasteiger partial charge in [0.15, 0.2) is 18.1 Å². The van der Waals surface area contributed by atoms with E-state index in [1.165, 1.54) is 0 Å². The fraction of sp³-hybridized carbons (Fsp3) is 0.391. The highest BCUT2D eigenvalue weighted by Crippen LogP contribution is 2.41. The van der Waals surface area contributed by atoms with Crippen LogP contribution in [0.15, 0.2) is 42.5 Å². The smallest absolute Gasteiger partial charge is 0.261 e. The van der Waals surface area contributed by atoms with Crippen LogP contribution in [0.25, 0.3) is 0 Å². The molecule has 0 spiro atoms. The van der Waals surface area contributed by atoms with Crippen molar-refractivity contribution >= 4 is 5.91 Å². The lowest BCUT2D eigenvalue weighted by atomic mass is 10.0. The predicted molar refractivity (Wildman–Crippen MR) is 107 cm³/mol. The van der Waals surface area contributed by atoms with Gasteiger partial charge in [-0.1, -0.05) is 24.3 Å². The summed E-state index contributed by atoms with van der Waals surface area (Å²) < 4.78 is 11.9. The minimum atomic E-state index is -0.259. The zero-order valence-electron chi connectivity index (χ0n) is 16.9. The van der Waals surface area contributed by atoms with Crippen LogP contribution in [-0.4, -0.2) is 29.6 Å². The van der Waals surface area contributed by atoms with Crippen molar-refractivity contribution < 1.29 is 14.3 Å². The molecule has 0 radical (unpaired) electrons. The van der Waals surface area contributed by atoms with Gasteiger partial charge in [-0.05, 0) is 51.5 Å². The summed E-state index contributed by atoms with van der Waals surface area (Å²) in [5, 5.41) is 8.95. The van der Waals surface area contributed by atoms with E-state index in [2.05, 4.69) is 6.07 Å². The van der Waals surface area contributed by atoms with Crippen LogP contribution in [0, 0.1) is 11.3 Å². The topological polar surface area (TPSA) is 62.6 Å². The lowest BCUT2D eigenvalue weighted by Crippen LogP contribution is -2.36. The van der Waals surface area contributed by atoms with E-state index in [1.807, 2.05) is 58.0 Å². The minimum absolute atomic E-state index is 0.0469. The minimum Gasteiger partial charge on any atom is -0.483 e. The van der Waals surface area contributed by atoms with E-state index < -0.39 is 0 Å². The molecule has 5 nitrogen and oxygen atoms in total. The second-order valence-electron chi connectivity index (χ2n) is 7.66. The molecule has 0 fully saturated rings. The van der Waals surface area contributed by atoms with Gasteiger partial charge in [0.05, 0.1) is 17.7 Å². The van der Waals surface area contributed by atoms with Crippen molar-refractivity contribution in [1.29, 1.82) is 5.26 Å². The SMILES string of the molecule is CCN(C(=O)COc1cccc2c1OC(C)(C)C2)C(C)c1ccc(C#N)cc1. The average molecular weight is 378 g/mol. The summed E-state index contributed by atoms with van der Waals surface area (Å²) >= 11 is 0. The molecule has 5 heteroatoms. The number of carbonyl (C=O) groups excluding carboxylic acids is 1. The van der Waals surface area contributed by atoms with Crippen LogP contribution in [0.2, 0.25) is 0 Å². The highest BCUT2D eigenvalue weighted by molar-refractivity contribution is 5.78. The number of benzene rings is 2. The number of hydrogen-bond donors (Lipinski definition) is 0. The number of carbonyl (C=O) groups is 1. The van der Waals surface area contributed by atoms with Crippen LogP contribution in [0.4, 0.5) is 0 Å². The third kappa shape index (κ3) is 4.12. The molecule has 3 rings (SSSR count). The molecular weight excluding hydrogens is 352 g/mol. The summed E-state index contributed by atoms with van der Waals surface area (Å²) in [7, 11) is 0. The van der Waals surface area contributed by atoms with Crippen molar-refractivity contribution in [2.45, 2.75) is 45.8 Å². The number of nitriles is 1. The molecule has 146 valence electrons. The predicted octanol–water partition coefficient (Wildman–Crippen LogP) is 4.26. The molecule has 0 aliphatic carbocycles. The summed E-state index contributed by atoms with van der Waals surface area (Å²) in [5.74, 6) is 1.26. The fourth-order valence-electron chi connectivity index (χ4n) is 3.61. The van der Waals surface area contributed by atoms with Gasteiger partial charge in [-0.3, -0.25) is 4.79 Å². The number of ether oxygens (including phenoxy) is 2. The Kier molecular flexibility index (Phi) is 5.60. The summed E-state index contributed by atoms with van der Waals surface area (Å²) in [6.45, 7) is 8.53. The first-order valence-corrected chi connectivity index (χ1v) is 9.58. The van der Waals surface area contributed by atoms with Gasteiger partial charge in [0, 0.05) is 18.5 Å². The Balaban J connectivity index is 1.68. The molecule has 2 aromatic carbocycles. The van der Waals surface area contributed by atoms with Crippen LogP contribution < -0.4 is 9.47 Å². The van der Waals surface area contributed by atoms with Gasteiger partial charge in [-0.15, -0.1) is 0 Å². The quantitative estimate of drug-likeness (QED) is 0.753. The summed E-state index contributed by atoms with van der Waals surface area (Å²) in [6, 6.07) is 15.1. The van der Waals surface area contributed by atoms with E-state index in [9.17, 15) is 4.79 Å². The molecule has 0 N–H and O–H groups in total. The molecule has 1 unspecified atom stereocenters. The number of likely N-dealkylation sites (N-methyl/N-ethyl adjacent to an activating group) is 1. The molecule has 1 aliphatic rings. The Morgan fingerprint density at radius 2 is 2.00 bits per heavy atom. The van der Waals surface area contributed by atoms with Gasteiger partial charge < -0.3 is 14.4 Å². The van der Waals surface area contributed by atoms with Crippen molar-refractivity contribution in [3.8, 4) is 17.6 Å². The summed E-state index contributed by atoms with van der Waals surface area (Å²) in [4.78, 5) is 14.6. The summed E-state index contributed by atoms with van der Waals surface area (Å²) in [5.41, 5.74) is 2.44. The lowest BCUT2D eigenvalue weighted by Gasteiger charge is -2.28. The maximum atomic E-state index is 12.8. The van der Waals surface area contributed by atoms with E-state index in [0.717, 1.165) is 23.3 Å². The zero-order chi connectivity index (χ0) is 20.3. The van der Waals surface area contributed by atoms with Gasteiger partial charge in [0.2, 0.25) is 0 Å². The Hall–Kier alpha value is -3.00. The second-order valence-corrected chi connectivity index (χ2v) is 7.66. The molecule has 1 aliphatic heterocycles. The maximum Gasteiger partial charge on any atom is 0.261 e. The van der Waals surface area contributed by atoms with E-state index >= 15 is 0 Å². The molecule has 0 aromatic heterocycles. The van der Waals surface area contributed by atoms with E-state index in [1.54, 1.807) is 17.0 Å². The van der Waals surface area contributed by atoms with Crippen molar-refractivity contribution in [3.05, 3.63) is 59.2 Å². The number of rotatable bonds is 6. The van der Waals surface area contributed by atoms with Gasteiger partial charge in [-0.25, -0.2) is 0 Å². The third-order valence-electron chi connectivity index (χ3n) is 5.06. The molecule has 0 bridgehead atoms. The highest BCUT2D eigenvalue weighted by Gasteiger charge is 2.32. The van der Waals surface area contributed by atoms with Gasteiger partial charge >= 0.3 is 0 Å². The van der Waals surface area contributed by atoms with Crippen molar-refractivity contribution in [2.24, 2.45) is 0 Å². The van der Waals surface area contributed by atoms with Crippen LogP contribution in [0.1, 0.15) is 50.4 Å². The van der Waals surface area contributed by atoms with Gasteiger partial charge in [0.25, 0.3) is 5.91 Å². The Morgan fingerprint density at radius 3 is 2.64 bits per heavy atom. The second kappa shape index (κ2) is 7.93. The number of para-hydroxylation sites is 1. The molecular formula is C23H26N2O3. The largest absolute Gasteiger partial charge is 0.483 e. The molecule has 1 heterocycles. The van der Waals surface area contributed by atoms with Crippen molar-refractivity contribution in [3.63, 3.8) is 0 Å². The lowest BCUT2D eigenvalue weighted by molar-refractivity contribution is -0.135. The van der Waals surface area contributed by atoms with Gasteiger partial charge in [-0.2, -0.15) is 5.26 Å². The average Bonchev–Trinajstić information content (AvgIpc) is 3.01. The third-order valence-corrected chi connectivity index (χ3v) is 5.06. The normalized spacial score (nSPS) is 15.1. The molecule has 28 heavy (non-hydrogen) atoms. The molecule has 0 saturated heterocycles. The zero-order valence-corrected chi connectivity index (χ0v) is 16.9. The first-order chi connectivity index (χ1) is 13.3. The van der Waals surface area contributed by atoms with E-state index in [4.69, 9.17) is 14.7 Å². The molecule has 2 aromatic rings. The number of nitrogens with zero attached hydrogens (tertiary/aromatic N) is 2. The Labute approximate surface area is 166 Å². The monoisotopic (exact) mass is 378 g/mol. The molecule has 1 atom stereocenters. The fourth-order valence-corrected chi connectivity index (χ4v) is 3.61. The standard InChI is InChI=1S/C23H26N2O3/c1-5-25(16(2)18-11-9-17(14-24)10-12-18)21(26)15-27-20-8-6-7-19-13-23(3,4)28-22(19)20/h6-12,16H,5,13,15H2,1-4H3. The highest BCUT2D eigenvalue weighted by atomic mass is 16.5. The van der Waals surface area contributed by atoms with Crippen LogP contribution in [0.5, 0.6) is 11.5 Å². The molecule has 0 saturated carbocycles. The Morgan fingerprint density at radius 1 is 1.29 bits per heavy atom. The van der Waals surface area contributed by atoms with Gasteiger partial charge in [0.1, 0.15) is 5.60 Å². The van der Waals surface area contributed by atoms with Crippen LogP contribution in [-0.2, 0) is 11.2 Å². The Bertz CT molecular complexity index is 897. The summed E-state index contributed by atoms with van der Waals surface area (Å²) in [6.07, 6.45) is 0.824. The maximum absolute atomic E-state index is 12.8. The number of hydrogen-bond acceptors (Lipinski definition) is 4.